The van der Waals surface area contributed by atoms with E-state index in [0.29, 0.717) is 11.3 Å². The molecule has 1 heterocycles. The maximum absolute atomic E-state index is 12.7. The van der Waals surface area contributed by atoms with Gasteiger partial charge < -0.3 is 25.4 Å². The van der Waals surface area contributed by atoms with Gasteiger partial charge in [0, 0.05) is 30.9 Å². The highest BCUT2D eigenvalue weighted by Crippen LogP contribution is 2.31. The van der Waals surface area contributed by atoms with Crippen LogP contribution in [0.25, 0.3) is 0 Å². The molecule has 1 atom stereocenters. The zero-order valence-electron chi connectivity index (χ0n) is 17.2. The minimum absolute atomic E-state index is 0.0353. The molecule has 1 saturated heterocycles. The summed E-state index contributed by atoms with van der Waals surface area (Å²) in [5, 5.41) is 15.0. The largest absolute Gasteiger partial charge is 0.491 e. The van der Waals surface area contributed by atoms with E-state index in [0.717, 1.165) is 38.1 Å². The number of urea groups is 1. The van der Waals surface area contributed by atoms with Crippen LogP contribution in [0.4, 0.5) is 23.7 Å². The van der Waals surface area contributed by atoms with Gasteiger partial charge >= 0.3 is 12.2 Å². The van der Waals surface area contributed by atoms with Crippen LogP contribution in [0.1, 0.15) is 28.8 Å². The van der Waals surface area contributed by atoms with Crippen molar-refractivity contribution in [2.75, 3.05) is 31.6 Å². The number of benzene rings is 2. The fraction of sp³-hybridized carbons (Fsp3) is 0.364. The van der Waals surface area contributed by atoms with Crippen LogP contribution in [0, 0.1) is 0 Å². The molecule has 3 rings (SSSR count). The molecule has 0 bridgehead atoms. The zero-order chi connectivity index (χ0) is 23.1. The summed E-state index contributed by atoms with van der Waals surface area (Å²) in [7, 11) is 0. The second-order valence-corrected chi connectivity index (χ2v) is 7.40. The summed E-state index contributed by atoms with van der Waals surface area (Å²) in [5.41, 5.74) is 0.158. The van der Waals surface area contributed by atoms with Gasteiger partial charge in [-0.15, -0.1) is 0 Å². The molecule has 2 aromatic carbocycles. The Hall–Kier alpha value is -3.27. The first-order valence-electron chi connectivity index (χ1n) is 10.1. The highest BCUT2D eigenvalue weighted by Gasteiger charge is 2.30. The zero-order valence-corrected chi connectivity index (χ0v) is 17.2. The smallest absolute Gasteiger partial charge is 0.416 e. The summed E-state index contributed by atoms with van der Waals surface area (Å²) in [6, 6.07) is 10.2. The van der Waals surface area contributed by atoms with E-state index in [1.807, 2.05) is 0 Å². The van der Waals surface area contributed by atoms with Gasteiger partial charge in [-0.2, -0.15) is 13.2 Å². The minimum Gasteiger partial charge on any atom is -0.491 e. The molecule has 0 spiro atoms. The lowest BCUT2D eigenvalue weighted by Crippen LogP contribution is -2.37. The van der Waals surface area contributed by atoms with E-state index in [4.69, 9.17) is 4.74 Å². The molecular weight excluding hydrogens is 427 g/mol. The average Bonchev–Trinajstić information content (AvgIpc) is 3.31. The number of anilines is 1. The summed E-state index contributed by atoms with van der Waals surface area (Å²) >= 11 is 0. The molecule has 0 aromatic heterocycles. The van der Waals surface area contributed by atoms with E-state index >= 15 is 0 Å². The number of alkyl halides is 3. The van der Waals surface area contributed by atoms with Gasteiger partial charge in [-0.05, 0) is 55.3 Å². The number of carbonyl (C=O) groups is 2. The SMILES string of the molecule is O=C(NC[C@H](O)COc1cccc(C(F)(F)F)c1)Nc1ccc(C(=O)N2CCCC2)cc1. The third-order valence-corrected chi connectivity index (χ3v) is 4.88. The summed E-state index contributed by atoms with van der Waals surface area (Å²) in [5.74, 6) is -0.0747. The highest BCUT2D eigenvalue weighted by molar-refractivity contribution is 5.95. The molecule has 7 nitrogen and oxygen atoms in total. The molecule has 3 amide bonds. The molecule has 0 aliphatic carbocycles. The van der Waals surface area contributed by atoms with Crippen LogP contribution in [-0.2, 0) is 6.18 Å². The summed E-state index contributed by atoms with van der Waals surface area (Å²) < 4.78 is 43.3. The van der Waals surface area contributed by atoms with Crippen molar-refractivity contribution in [1.29, 1.82) is 0 Å². The molecule has 1 aliphatic rings. The Morgan fingerprint density at radius 1 is 1.09 bits per heavy atom. The van der Waals surface area contributed by atoms with Crippen LogP contribution in [0.2, 0.25) is 0 Å². The number of rotatable bonds is 7. The number of halogens is 3. The topological polar surface area (TPSA) is 90.9 Å². The maximum atomic E-state index is 12.7. The van der Waals surface area contributed by atoms with Gasteiger partial charge in [0.1, 0.15) is 18.5 Å². The Kier molecular flexibility index (Phi) is 7.57. The Balaban J connectivity index is 1.41. The van der Waals surface area contributed by atoms with Crippen molar-refractivity contribution in [3.63, 3.8) is 0 Å². The summed E-state index contributed by atoms with van der Waals surface area (Å²) in [4.78, 5) is 26.1. The van der Waals surface area contributed by atoms with Crippen LogP contribution in [0.3, 0.4) is 0 Å². The van der Waals surface area contributed by atoms with Crippen LogP contribution in [0.5, 0.6) is 5.75 Å². The van der Waals surface area contributed by atoms with Crippen molar-refractivity contribution in [3.8, 4) is 5.75 Å². The normalized spacial score (nSPS) is 14.7. The van der Waals surface area contributed by atoms with Gasteiger partial charge in [-0.3, -0.25) is 4.79 Å². The molecule has 10 heteroatoms. The molecule has 1 aliphatic heterocycles. The fourth-order valence-corrected chi connectivity index (χ4v) is 3.20. The van der Waals surface area contributed by atoms with Gasteiger partial charge in [0.15, 0.2) is 0 Å². The molecular formula is C22H24F3N3O4. The van der Waals surface area contributed by atoms with Crippen molar-refractivity contribution in [2.24, 2.45) is 0 Å². The van der Waals surface area contributed by atoms with Gasteiger partial charge in [-0.25, -0.2) is 4.79 Å². The third-order valence-electron chi connectivity index (χ3n) is 4.88. The first kappa shape index (κ1) is 23.4. The number of aliphatic hydroxyl groups excluding tert-OH is 1. The summed E-state index contributed by atoms with van der Waals surface area (Å²) in [6.07, 6.45) is -3.61. The predicted octanol–water partition coefficient (Wildman–Crippen LogP) is 3.50. The first-order valence-corrected chi connectivity index (χ1v) is 10.1. The average molecular weight is 451 g/mol. The Labute approximate surface area is 183 Å². The van der Waals surface area contributed by atoms with Crippen LogP contribution >= 0.6 is 0 Å². The van der Waals surface area contributed by atoms with Gasteiger partial charge in [0.05, 0.1) is 5.56 Å². The van der Waals surface area contributed by atoms with Crippen LogP contribution < -0.4 is 15.4 Å². The first-order chi connectivity index (χ1) is 15.2. The molecule has 1 fully saturated rings. The Bertz CT molecular complexity index is 929. The molecule has 2 aromatic rings. The summed E-state index contributed by atoms with van der Waals surface area (Å²) in [6.45, 7) is 1.04. The van der Waals surface area contributed by atoms with E-state index in [1.165, 1.54) is 12.1 Å². The Morgan fingerprint density at radius 3 is 2.44 bits per heavy atom. The van der Waals surface area contributed by atoms with Crippen molar-refractivity contribution in [2.45, 2.75) is 25.1 Å². The quantitative estimate of drug-likeness (QED) is 0.601. The predicted molar refractivity (Wildman–Crippen MR) is 112 cm³/mol. The number of nitrogens with zero attached hydrogens (tertiary/aromatic N) is 1. The minimum atomic E-state index is -4.49. The number of aliphatic hydroxyl groups is 1. The van der Waals surface area contributed by atoms with Gasteiger partial charge in [0.25, 0.3) is 5.91 Å². The monoisotopic (exact) mass is 451 g/mol. The number of amides is 3. The van der Waals surface area contributed by atoms with Crippen molar-refractivity contribution < 1.29 is 32.6 Å². The fourth-order valence-electron chi connectivity index (χ4n) is 3.20. The van der Waals surface area contributed by atoms with Crippen LogP contribution in [-0.4, -0.2) is 54.3 Å². The standard InChI is InChI=1S/C22H24F3N3O4/c23-22(24,25)16-4-3-5-19(12-16)32-14-18(29)13-26-21(31)27-17-8-6-15(7-9-17)20(30)28-10-1-2-11-28/h3-9,12,18,29H,1-2,10-11,13-14H2,(H2,26,27,31)/t18-/m0/s1. The molecule has 172 valence electrons. The lowest BCUT2D eigenvalue weighted by Gasteiger charge is -2.16. The molecule has 0 saturated carbocycles. The van der Waals surface area contributed by atoms with Crippen molar-refractivity contribution >= 4 is 17.6 Å². The molecule has 3 N–H and O–H groups in total. The molecule has 0 radical (unpaired) electrons. The van der Waals surface area contributed by atoms with Gasteiger partial charge in [0.2, 0.25) is 0 Å². The lowest BCUT2D eigenvalue weighted by atomic mass is 10.2. The number of carbonyl (C=O) groups excluding carboxylic acids is 2. The molecule has 0 unspecified atom stereocenters. The van der Waals surface area contributed by atoms with E-state index < -0.39 is 23.9 Å². The van der Waals surface area contributed by atoms with Gasteiger partial charge in [-0.1, -0.05) is 6.07 Å². The number of hydrogen-bond acceptors (Lipinski definition) is 4. The van der Waals surface area contributed by atoms with Crippen molar-refractivity contribution in [3.05, 3.63) is 59.7 Å². The van der Waals surface area contributed by atoms with Crippen molar-refractivity contribution in [1.82, 2.24) is 10.2 Å². The van der Waals surface area contributed by atoms with E-state index in [1.54, 1.807) is 29.2 Å². The third kappa shape index (κ3) is 6.61. The van der Waals surface area contributed by atoms with E-state index in [-0.39, 0.29) is 24.8 Å². The number of likely N-dealkylation sites (tertiary alicyclic amines) is 1. The van der Waals surface area contributed by atoms with E-state index in [2.05, 4.69) is 10.6 Å². The second-order valence-electron chi connectivity index (χ2n) is 7.40. The highest BCUT2D eigenvalue weighted by atomic mass is 19.4. The lowest BCUT2D eigenvalue weighted by molar-refractivity contribution is -0.137. The Morgan fingerprint density at radius 2 is 1.78 bits per heavy atom. The second kappa shape index (κ2) is 10.4. The maximum Gasteiger partial charge on any atom is 0.416 e. The molecule has 32 heavy (non-hydrogen) atoms. The van der Waals surface area contributed by atoms with Crippen LogP contribution in [0.15, 0.2) is 48.5 Å². The number of ether oxygens (including phenoxy) is 1. The number of hydrogen-bond donors (Lipinski definition) is 3. The van der Waals surface area contributed by atoms with E-state index in [9.17, 15) is 27.9 Å². The number of nitrogens with one attached hydrogen (secondary N) is 2.